The number of carbonyl (C=O) groups excluding carboxylic acids is 2. The molecular formula is C18H24N2O4. The second-order valence-corrected chi connectivity index (χ2v) is 5.46. The van der Waals surface area contributed by atoms with Gasteiger partial charge in [-0.3, -0.25) is 4.90 Å². The van der Waals surface area contributed by atoms with Gasteiger partial charge in [0.25, 0.3) is 0 Å². The van der Waals surface area contributed by atoms with Gasteiger partial charge >= 0.3 is 12.1 Å². The van der Waals surface area contributed by atoms with Gasteiger partial charge in [-0.05, 0) is 12.5 Å². The highest BCUT2D eigenvalue weighted by Crippen LogP contribution is 2.06. The Bertz CT molecular complexity index is 551. The summed E-state index contributed by atoms with van der Waals surface area (Å²) < 4.78 is 9.68. The van der Waals surface area contributed by atoms with Crippen molar-refractivity contribution < 1.29 is 19.1 Å². The van der Waals surface area contributed by atoms with E-state index in [1.807, 2.05) is 18.2 Å². The fourth-order valence-corrected chi connectivity index (χ4v) is 2.43. The fraction of sp³-hybridized carbons (Fsp3) is 0.444. The Morgan fingerprint density at radius 3 is 2.46 bits per heavy atom. The van der Waals surface area contributed by atoms with E-state index in [1.165, 1.54) is 5.56 Å². The van der Waals surface area contributed by atoms with Crippen LogP contribution in [0.2, 0.25) is 0 Å². The number of esters is 1. The minimum absolute atomic E-state index is 0.283. The normalized spacial score (nSPS) is 15.5. The van der Waals surface area contributed by atoms with Gasteiger partial charge in [0, 0.05) is 32.7 Å². The summed E-state index contributed by atoms with van der Waals surface area (Å²) in [6.07, 6.45) is 3.77. The summed E-state index contributed by atoms with van der Waals surface area (Å²) in [5.74, 6) is -0.518. The largest absolute Gasteiger partial charge is 0.463 e. The zero-order chi connectivity index (χ0) is 17.2. The van der Waals surface area contributed by atoms with Gasteiger partial charge in [-0.25, -0.2) is 9.59 Å². The van der Waals surface area contributed by atoms with E-state index in [-0.39, 0.29) is 13.2 Å². The highest BCUT2D eigenvalue weighted by Gasteiger charge is 2.22. The van der Waals surface area contributed by atoms with E-state index in [9.17, 15) is 9.59 Å². The Kier molecular flexibility index (Phi) is 7.29. The fourth-order valence-electron chi connectivity index (χ4n) is 2.43. The number of amides is 1. The van der Waals surface area contributed by atoms with Gasteiger partial charge in [0.1, 0.15) is 0 Å². The lowest BCUT2D eigenvalue weighted by atomic mass is 10.2. The quantitative estimate of drug-likeness (QED) is 0.746. The van der Waals surface area contributed by atoms with E-state index in [0.717, 1.165) is 19.6 Å². The van der Waals surface area contributed by atoms with Gasteiger partial charge in [0.2, 0.25) is 0 Å². The van der Waals surface area contributed by atoms with Crippen molar-refractivity contribution in [3.63, 3.8) is 0 Å². The molecule has 130 valence electrons. The standard InChI is InChI=1S/C18H24N2O4/c1-2-23-17(21)15-24-18(22)20-13-11-19(12-14-20)10-6-9-16-7-4-3-5-8-16/h3-9H,2,10-15H2,1H3. The van der Waals surface area contributed by atoms with Gasteiger partial charge in [-0.2, -0.15) is 0 Å². The van der Waals surface area contributed by atoms with Crippen molar-refractivity contribution in [1.29, 1.82) is 0 Å². The molecule has 0 aromatic heterocycles. The summed E-state index contributed by atoms with van der Waals surface area (Å²) in [6, 6.07) is 10.2. The molecule has 0 spiro atoms. The predicted molar refractivity (Wildman–Crippen MR) is 91.5 cm³/mol. The summed E-state index contributed by atoms with van der Waals surface area (Å²) in [6.45, 7) is 5.28. The maximum absolute atomic E-state index is 11.9. The molecule has 0 radical (unpaired) electrons. The number of piperazine rings is 1. The summed E-state index contributed by atoms with van der Waals surface area (Å²) >= 11 is 0. The lowest BCUT2D eigenvalue weighted by molar-refractivity contribution is -0.146. The number of carbonyl (C=O) groups is 2. The molecule has 6 nitrogen and oxygen atoms in total. The average Bonchev–Trinajstić information content (AvgIpc) is 2.61. The van der Waals surface area contributed by atoms with Crippen LogP contribution in [0.4, 0.5) is 4.79 Å². The molecule has 1 aliphatic rings. The third kappa shape index (κ3) is 6.04. The van der Waals surface area contributed by atoms with E-state index in [1.54, 1.807) is 11.8 Å². The lowest BCUT2D eigenvalue weighted by Gasteiger charge is -2.33. The molecular weight excluding hydrogens is 308 g/mol. The van der Waals surface area contributed by atoms with E-state index in [2.05, 4.69) is 29.2 Å². The summed E-state index contributed by atoms with van der Waals surface area (Å²) in [7, 11) is 0. The molecule has 1 heterocycles. The van der Waals surface area contributed by atoms with Gasteiger partial charge in [0.05, 0.1) is 6.61 Å². The molecule has 1 aliphatic heterocycles. The molecule has 1 saturated heterocycles. The van der Waals surface area contributed by atoms with E-state index in [4.69, 9.17) is 9.47 Å². The van der Waals surface area contributed by atoms with Crippen molar-refractivity contribution in [2.24, 2.45) is 0 Å². The van der Waals surface area contributed by atoms with Crippen LogP contribution in [0.3, 0.4) is 0 Å². The molecule has 1 amide bonds. The Morgan fingerprint density at radius 1 is 1.08 bits per heavy atom. The Morgan fingerprint density at radius 2 is 1.79 bits per heavy atom. The highest BCUT2D eigenvalue weighted by atomic mass is 16.6. The summed E-state index contributed by atoms with van der Waals surface area (Å²) in [5.41, 5.74) is 1.18. The number of ether oxygens (including phenoxy) is 2. The predicted octanol–water partition coefficient (Wildman–Crippen LogP) is 2.02. The summed E-state index contributed by atoms with van der Waals surface area (Å²) in [4.78, 5) is 27.0. The second-order valence-electron chi connectivity index (χ2n) is 5.46. The van der Waals surface area contributed by atoms with Gasteiger partial charge in [0.15, 0.2) is 6.61 Å². The zero-order valence-electron chi connectivity index (χ0n) is 14.0. The first-order valence-electron chi connectivity index (χ1n) is 8.20. The number of benzene rings is 1. The SMILES string of the molecule is CCOC(=O)COC(=O)N1CCN(CC=Cc2ccccc2)CC1. The van der Waals surface area contributed by atoms with Gasteiger partial charge in [-0.15, -0.1) is 0 Å². The smallest absolute Gasteiger partial charge is 0.410 e. The van der Waals surface area contributed by atoms with Gasteiger partial charge in [-0.1, -0.05) is 42.5 Å². The van der Waals surface area contributed by atoms with Crippen molar-refractivity contribution in [3.8, 4) is 0 Å². The van der Waals surface area contributed by atoms with E-state index in [0.29, 0.717) is 13.1 Å². The molecule has 0 bridgehead atoms. The van der Waals surface area contributed by atoms with Crippen molar-refractivity contribution in [3.05, 3.63) is 42.0 Å². The minimum Gasteiger partial charge on any atom is -0.463 e. The number of rotatable bonds is 6. The molecule has 0 unspecified atom stereocenters. The van der Waals surface area contributed by atoms with E-state index < -0.39 is 12.1 Å². The van der Waals surface area contributed by atoms with Crippen molar-refractivity contribution in [2.45, 2.75) is 6.92 Å². The zero-order valence-corrected chi connectivity index (χ0v) is 14.0. The number of hydrogen-bond donors (Lipinski definition) is 0. The Hall–Kier alpha value is -2.34. The molecule has 2 rings (SSSR count). The second kappa shape index (κ2) is 9.72. The number of nitrogens with zero attached hydrogens (tertiary/aromatic N) is 2. The van der Waals surface area contributed by atoms with Crippen LogP contribution < -0.4 is 0 Å². The highest BCUT2D eigenvalue weighted by molar-refractivity contribution is 5.75. The average molecular weight is 332 g/mol. The van der Waals surface area contributed by atoms with Crippen molar-refractivity contribution in [1.82, 2.24) is 9.80 Å². The molecule has 6 heteroatoms. The molecule has 0 atom stereocenters. The van der Waals surface area contributed by atoms with Crippen molar-refractivity contribution in [2.75, 3.05) is 45.9 Å². The molecule has 24 heavy (non-hydrogen) atoms. The molecule has 0 N–H and O–H groups in total. The molecule has 1 fully saturated rings. The van der Waals surface area contributed by atoms with Crippen LogP contribution in [-0.2, 0) is 14.3 Å². The number of hydrogen-bond acceptors (Lipinski definition) is 5. The minimum atomic E-state index is -0.518. The third-order valence-electron chi connectivity index (χ3n) is 3.72. The van der Waals surface area contributed by atoms with Crippen LogP contribution in [0.1, 0.15) is 12.5 Å². The van der Waals surface area contributed by atoms with Crippen LogP contribution in [-0.4, -0.2) is 67.8 Å². The maximum Gasteiger partial charge on any atom is 0.410 e. The van der Waals surface area contributed by atoms with Crippen LogP contribution in [0.5, 0.6) is 0 Å². The first-order chi connectivity index (χ1) is 11.7. The third-order valence-corrected chi connectivity index (χ3v) is 3.72. The van der Waals surface area contributed by atoms with Crippen molar-refractivity contribution >= 4 is 18.1 Å². The first-order valence-corrected chi connectivity index (χ1v) is 8.20. The van der Waals surface area contributed by atoms with Gasteiger partial charge < -0.3 is 14.4 Å². The van der Waals surface area contributed by atoms with Crippen LogP contribution >= 0.6 is 0 Å². The maximum atomic E-state index is 11.9. The Balaban J connectivity index is 1.66. The van der Waals surface area contributed by atoms with Crippen LogP contribution in [0, 0.1) is 0 Å². The van der Waals surface area contributed by atoms with Crippen LogP contribution in [0.25, 0.3) is 6.08 Å². The van der Waals surface area contributed by atoms with Crippen LogP contribution in [0.15, 0.2) is 36.4 Å². The molecule has 1 aromatic carbocycles. The first kappa shape index (κ1) is 18.0. The monoisotopic (exact) mass is 332 g/mol. The molecule has 0 aliphatic carbocycles. The lowest BCUT2D eigenvalue weighted by Crippen LogP contribution is -2.49. The molecule has 1 aromatic rings. The topological polar surface area (TPSA) is 59.1 Å². The molecule has 0 saturated carbocycles. The Labute approximate surface area is 142 Å². The summed E-state index contributed by atoms with van der Waals surface area (Å²) in [5, 5.41) is 0. The van der Waals surface area contributed by atoms with E-state index >= 15 is 0 Å².